The molecule has 2 aliphatic heterocycles. The van der Waals surface area contributed by atoms with Crippen LogP contribution in [0.2, 0.25) is 0 Å². The molecule has 0 spiro atoms. The Bertz CT molecular complexity index is 1200. The van der Waals surface area contributed by atoms with Gasteiger partial charge in [0.2, 0.25) is 0 Å². The van der Waals surface area contributed by atoms with Gasteiger partial charge in [0.25, 0.3) is 0 Å². The Morgan fingerprint density at radius 2 is 1.45 bits per heavy atom. The molecule has 5 heteroatoms. The van der Waals surface area contributed by atoms with Crippen molar-refractivity contribution in [3.8, 4) is 5.75 Å². The van der Waals surface area contributed by atoms with Crippen molar-refractivity contribution in [2.24, 2.45) is 5.73 Å². The Morgan fingerprint density at radius 3 is 2.08 bits per heavy atom. The van der Waals surface area contributed by atoms with E-state index in [1.54, 1.807) is 0 Å². The summed E-state index contributed by atoms with van der Waals surface area (Å²) in [6.07, 6.45) is 3.48. The summed E-state index contributed by atoms with van der Waals surface area (Å²) in [7, 11) is 0. The van der Waals surface area contributed by atoms with Gasteiger partial charge in [0, 0.05) is 44.9 Å². The van der Waals surface area contributed by atoms with Crippen molar-refractivity contribution in [1.82, 2.24) is 9.80 Å². The fraction of sp³-hybridized carbons (Fsp3) is 0.486. The zero-order chi connectivity index (χ0) is 28.1. The first-order valence-electron chi connectivity index (χ1n) is 15.1. The first kappa shape index (κ1) is 28.8. The van der Waals surface area contributed by atoms with Gasteiger partial charge in [-0.25, -0.2) is 0 Å². The highest BCUT2D eigenvalue weighted by atomic mass is 16.5. The van der Waals surface area contributed by atoms with E-state index in [0.29, 0.717) is 0 Å². The summed E-state index contributed by atoms with van der Waals surface area (Å²) >= 11 is 0. The largest absolute Gasteiger partial charge is 0.484 e. The van der Waals surface area contributed by atoms with Crippen LogP contribution in [0.4, 0.5) is 0 Å². The lowest BCUT2D eigenvalue weighted by atomic mass is 9.88. The van der Waals surface area contributed by atoms with Crippen molar-refractivity contribution < 1.29 is 9.47 Å². The highest BCUT2D eigenvalue weighted by Crippen LogP contribution is 2.46. The number of hydrogen-bond donors (Lipinski definition) is 1. The zero-order valence-corrected chi connectivity index (χ0v) is 24.9. The number of piperazine rings is 1. The van der Waals surface area contributed by atoms with Gasteiger partial charge in [0.1, 0.15) is 17.5 Å². The molecule has 1 saturated heterocycles. The molecule has 2 N–H and O–H groups in total. The molecular weight excluding hydrogens is 494 g/mol. The lowest BCUT2D eigenvalue weighted by Crippen LogP contribution is -2.54. The third-order valence-electron chi connectivity index (χ3n) is 8.95. The molecule has 40 heavy (non-hydrogen) atoms. The second-order valence-electron chi connectivity index (χ2n) is 12.0. The molecule has 0 radical (unpaired) electrons. The number of rotatable bonds is 11. The normalized spacial score (nSPS) is 21.5. The molecule has 0 bridgehead atoms. The fourth-order valence-corrected chi connectivity index (χ4v) is 6.39. The van der Waals surface area contributed by atoms with Gasteiger partial charge >= 0.3 is 0 Å². The van der Waals surface area contributed by atoms with Crippen molar-refractivity contribution in [3.05, 3.63) is 100 Å². The lowest BCUT2D eigenvalue weighted by molar-refractivity contribution is 0.0224. The fourth-order valence-electron chi connectivity index (χ4n) is 6.39. The molecular formula is C35H47N3O2. The molecule has 0 aromatic heterocycles. The number of benzene rings is 3. The van der Waals surface area contributed by atoms with Crippen LogP contribution in [0.3, 0.4) is 0 Å². The summed E-state index contributed by atoms with van der Waals surface area (Å²) in [6.45, 7) is 15.8. The molecule has 2 atom stereocenters. The minimum Gasteiger partial charge on any atom is -0.484 e. The van der Waals surface area contributed by atoms with Crippen LogP contribution in [0, 0.1) is 20.8 Å². The van der Waals surface area contributed by atoms with Crippen LogP contribution in [0.1, 0.15) is 71.7 Å². The summed E-state index contributed by atoms with van der Waals surface area (Å²) in [5, 5.41) is 0. The highest BCUT2D eigenvalue weighted by Gasteiger charge is 2.45. The maximum Gasteiger partial charge on any atom is 0.138 e. The number of ether oxygens (including phenoxy) is 2. The van der Waals surface area contributed by atoms with E-state index in [0.717, 1.165) is 58.0 Å². The SMILES string of the molecule is Cc1cc(C)c2c(c1C)OC(C)(CN1CCN(CCCCCOC(c3ccccc3)c3ccccc3)CC1)C2N. The van der Waals surface area contributed by atoms with Crippen LogP contribution >= 0.6 is 0 Å². The summed E-state index contributed by atoms with van der Waals surface area (Å²) in [5.74, 6) is 1.02. The Balaban J connectivity index is 1.03. The average molecular weight is 542 g/mol. The third-order valence-corrected chi connectivity index (χ3v) is 8.95. The molecule has 5 nitrogen and oxygen atoms in total. The zero-order valence-electron chi connectivity index (χ0n) is 24.9. The van der Waals surface area contributed by atoms with E-state index in [1.807, 2.05) is 0 Å². The average Bonchev–Trinajstić information content (AvgIpc) is 3.23. The van der Waals surface area contributed by atoms with Crippen LogP contribution in [-0.4, -0.2) is 61.3 Å². The monoisotopic (exact) mass is 541 g/mol. The standard InChI is InChI=1S/C35H47N3O2/c1-26-24-27(2)31-32(28(26)3)40-35(4,34(31)36)25-38-21-19-37(20-22-38)18-12-7-13-23-39-33(29-14-8-5-9-15-29)30-16-10-6-11-17-30/h5-6,8-11,14-17,24,33-34H,7,12-13,18-23,25,36H2,1-4H3. The second kappa shape index (κ2) is 12.9. The van der Waals surface area contributed by atoms with Gasteiger partial charge < -0.3 is 20.1 Å². The van der Waals surface area contributed by atoms with Crippen molar-refractivity contribution in [2.75, 3.05) is 45.9 Å². The van der Waals surface area contributed by atoms with Crippen LogP contribution in [0.5, 0.6) is 5.75 Å². The predicted molar refractivity (Wildman–Crippen MR) is 164 cm³/mol. The van der Waals surface area contributed by atoms with Crippen molar-refractivity contribution in [3.63, 3.8) is 0 Å². The van der Waals surface area contributed by atoms with Gasteiger partial charge in [0.15, 0.2) is 0 Å². The number of hydrogen-bond acceptors (Lipinski definition) is 5. The number of unbranched alkanes of at least 4 members (excludes halogenated alkanes) is 2. The van der Waals surface area contributed by atoms with Gasteiger partial charge in [-0.3, -0.25) is 4.90 Å². The van der Waals surface area contributed by atoms with E-state index in [-0.39, 0.29) is 17.7 Å². The predicted octanol–water partition coefficient (Wildman–Crippen LogP) is 6.36. The van der Waals surface area contributed by atoms with E-state index >= 15 is 0 Å². The number of nitrogens with two attached hydrogens (primary N) is 1. The number of aryl methyl sites for hydroxylation is 2. The van der Waals surface area contributed by atoms with Crippen LogP contribution in [0.15, 0.2) is 66.7 Å². The maximum absolute atomic E-state index is 6.81. The van der Waals surface area contributed by atoms with E-state index < -0.39 is 0 Å². The number of nitrogens with zero attached hydrogens (tertiary/aromatic N) is 2. The summed E-state index contributed by atoms with van der Waals surface area (Å²) in [5.41, 5.74) is 13.8. The van der Waals surface area contributed by atoms with Gasteiger partial charge in [-0.2, -0.15) is 0 Å². The van der Waals surface area contributed by atoms with Gasteiger partial charge in [-0.05, 0) is 81.3 Å². The van der Waals surface area contributed by atoms with Gasteiger partial charge in [0.05, 0.1) is 6.04 Å². The molecule has 0 aliphatic carbocycles. The minimum atomic E-state index is -0.384. The molecule has 0 saturated carbocycles. The van der Waals surface area contributed by atoms with E-state index in [9.17, 15) is 0 Å². The summed E-state index contributed by atoms with van der Waals surface area (Å²) in [6, 6.07) is 23.3. The highest BCUT2D eigenvalue weighted by molar-refractivity contribution is 5.55. The molecule has 0 amide bonds. The molecule has 2 heterocycles. The van der Waals surface area contributed by atoms with Crippen molar-refractivity contribution in [1.29, 1.82) is 0 Å². The molecule has 2 unspecified atom stereocenters. The topological polar surface area (TPSA) is 51.0 Å². The third kappa shape index (κ3) is 6.44. The van der Waals surface area contributed by atoms with Gasteiger partial charge in [-0.15, -0.1) is 0 Å². The van der Waals surface area contributed by atoms with Crippen LogP contribution in [-0.2, 0) is 4.74 Å². The van der Waals surface area contributed by atoms with E-state index in [1.165, 1.54) is 46.2 Å². The Hall–Kier alpha value is -2.70. The quantitative estimate of drug-likeness (QED) is 0.287. The molecule has 3 aromatic carbocycles. The number of fused-ring (bicyclic) bond motifs is 1. The Morgan fingerprint density at radius 1 is 0.850 bits per heavy atom. The maximum atomic E-state index is 6.81. The summed E-state index contributed by atoms with van der Waals surface area (Å²) in [4.78, 5) is 5.15. The molecule has 5 rings (SSSR count). The molecule has 3 aromatic rings. The first-order chi connectivity index (χ1) is 19.4. The smallest absolute Gasteiger partial charge is 0.138 e. The van der Waals surface area contributed by atoms with Crippen molar-refractivity contribution in [2.45, 2.75) is 64.7 Å². The van der Waals surface area contributed by atoms with Crippen molar-refractivity contribution >= 4 is 0 Å². The van der Waals surface area contributed by atoms with Crippen LogP contribution < -0.4 is 10.5 Å². The lowest BCUT2D eigenvalue weighted by Gasteiger charge is -2.40. The molecule has 1 fully saturated rings. The van der Waals surface area contributed by atoms with Crippen LogP contribution in [0.25, 0.3) is 0 Å². The first-order valence-corrected chi connectivity index (χ1v) is 15.1. The Labute approximate surface area is 241 Å². The minimum absolute atomic E-state index is 0.000975. The summed E-state index contributed by atoms with van der Waals surface area (Å²) < 4.78 is 13.0. The second-order valence-corrected chi connectivity index (χ2v) is 12.0. The Kier molecular flexibility index (Phi) is 9.27. The van der Waals surface area contributed by atoms with Gasteiger partial charge in [-0.1, -0.05) is 66.7 Å². The molecule has 214 valence electrons. The van der Waals surface area contributed by atoms with E-state index in [4.69, 9.17) is 15.2 Å². The molecule has 2 aliphatic rings. The van der Waals surface area contributed by atoms with E-state index in [2.05, 4.69) is 104 Å².